The van der Waals surface area contributed by atoms with Crippen molar-refractivity contribution in [2.75, 3.05) is 0 Å². The van der Waals surface area contributed by atoms with E-state index >= 15 is 0 Å². The molecule has 2 aromatic rings. The van der Waals surface area contributed by atoms with Gasteiger partial charge in [0.05, 0.1) is 10.2 Å². The van der Waals surface area contributed by atoms with Gasteiger partial charge in [0.15, 0.2) is 5.12 Å². The molecule has 0 saturated heterocycles. The normalized spacial score (nSPS) is 13.3. The molecule has 0 fully saturated rings. The monoisotopic (exact) mass is 525 g/mol. The topological polar surface area (TPSA) is 119 Å². The zero-order valence-electron chi connectivity index (χ0n) is 23.2. The first-order chi connectivity index (χ1) is 15.5. The highest BCUT2D eigenvalue weighted by Crippen LogP contribution is 2.30. The number of thiazole rings is 1. The molecule has 0 aliphatic carbocycles. The Morgan fingerprint density at radius 1 is 0.914 bits per heavy atom. The second-order valence-corrected chi connectivity index (χ2v) is 14.5. The minimum absolute atomic E-state index is 0.0156. The van der Waals surface area contributed by atoms with E-state index in [2.05, 4.69) is 86.9 Å². The predicted octanol–water partition coefficient (Wildman–Crippen LogP) is 6.63. The van der Waals surface area contributed by atoms with Gasteiger partial charge in [-0.15, -0.1) is 24.0 Å². The summed E-state index contributed by atoms with van der Waals surface area (Å²) < 4.78 is 0.917. The molecular formula is C27H47N3O3S2. The fourth-order valence-corrected chi connectivity index (χ4v) is 5.47. The first kappa shape index (κ1) is 33.5. The van der Waals surface area contributed by atoms with Crippen LogP contribution in [0.5, 0.6) is 0 Å². The maximum Gasteiger partial charge on any atom is 0.313 e. The van der Waals surface area contributed by atoms with Crippen LogP contribution in [-0.4, -0.2) is 32.3 Å². The summed E-state index contributed by atoms with van der Waals surface area (Å²) in [6.45, 7) is 21.5. The lowest BCUT2D eigenvalue weighted by Gasteiger charge is -2.28. The highest BCUT2D eigenvalue weighted by Gasteiger charge is 2.25. The number of benzene rings is 1. The lowest BCUT2D eigenvalue weighted by Crippen LogP contribution is -2.36. The Balaban J connectivity index is 0.000000549. The fourth-order valence-electron chi connectivity index (χ4n) is 4.23. The largest absolute Gasteiger partial charge is 0.481 e. The summed E-state index contributed by atoms with van der Waals surface area (Å²) >= 11 is 4.92. The summed E-state index contributed by atoms with van der Waals surface area (Å²) in [4.78, 5) is 26.3. The highest BCUT2D eigenvalue weighted by molar-refractivity contribution is 7.96. The molecule has 0 aliphatic rings. The number of hydrogen-bond acceptors (Lipinski definition) is 6. The molecule has 1 aromatic heterocycles. The summed E-state index contributed by atoms with van der Waals surface area (Å²) in [5.41, 5.74) is 13.1. The number of carboxylic acids is 1. The van der Waals surface area contributed by atoms with Crippen LogP contribution in [0.1, 0.15) is 99.4 Å². The molecule has 0 saturated carbocycles. The fraction of sp³-hybridized carbons (Fsp3) is 0.667. The van der Waals surface area contributed by atoms with Crippen molar-refractivity contribution in [1.82, 2.24) is 4.98 Å². The number of hydrogen-bond donors (Lipinski definition) is 4. The molecule has 1 heterocycles. The van der Waals surface area contributed by atoms with E-state index in [1.54, 1.807) is 0 Å². The molecule has 35 heavy (non-hydrogen) atoms. The van der Waals surface area contributed by atoms with Crippen molar-refractivity contribution in [2.45, 2.75) is 105 Å². The van der Waals surface area contributed by atoms with E-state index in [1.807, 2.05) is 24.3 Å². The summed E-state index contributed by atoms with van der Waals surface area (Å²) in [5, 5.41) is 9.08. The first-order valence-electron chi connectivity index (χ1n) is 11.9. The Kier molecular flexibility index (Phi) is 12.6. The van der Waals surface area contributed by atoms with Crippen molar-refractivity contribution in [3.8, 4) is 0 Å². The van der Waals surface area contributed by atoms with Crippen LogP contribution in [0.25, 0.3) is 10.2 Å². The van der Waals surface area contributed by atoms with Crippen molar-refractivity contribution in [3.05, 3.63) is 29.3 Å². The van der Waals surface area contributed by atoms with Crippen LogP contribution in [0.4, 0.5) is 0 Å². The number of fused-ring (bicyclic) bond motifs is 1. The number of carboxylic acid groups (broad SMARTS) is 1. The number of nitrogens with zero attached hydrogens (tertiary/aromatic N) is 1. The second-order valence-electron chi connectivity index (χ2n) is 13.0. The van der Waals surface area contributed by atoms with Crippen LogP contribution in [0.15, 0.2) is 24.3 Å². The first-order valence-corrected chi connectivity index (χ1v) is 13.1. The number of aromatic nitrogens is 1. The van der Waals surface area contributed by atoms with E-state index in [9.17, 15) is 9.59 Å². The van der Waals surface area contributed by atoms with E-state index in [1.165, 1.54) is 11.3 Å². The van der Waals surface area contributed by atoms with Gasteiger partial charge in [-0.25, -0.2) is 4.98 Å². The number of carbonyl (C=O) groups is 2. The minimum Gasteiger partial charge on any atom is -0.481 e. The molecule has 0 amide bonds. The molecule has 200 valence electrons. The Morgan fingerprint density at radius 3 is 1.63 bits per heavy atom. The third-order valence-corrected chi connectivity index (χ3v) is 5.59. The minimum atomic E-state index is -1.05. The van der Waals surface area contributed by atoms with Gasteiger partial charge >= 0.3 is 5.97 Å². The van der Waals surface area contributed by atoms with Gasteiger partial charge in [-0.2, -0.15) is 0 Å². The average Bonchev–Trinajstić information content (AvgIpc) is 2.97. The van der Waals surface area contributed by atoms with Crippen molar-refractivity contribution in [3.63, 3.8) is 0 Å². The van der Waals surface area contributed by atoms with Crippen molar-refractivity contribution in [1.29, 1.82) is 0 Å². The van der Waals surface area contributed by atoms with Gasteiger partial charge in [-0.05, 0) is 63.5 Å². The Bertz CT molecular complexity index is 860. The molecule has 5 N–H and O–H groups in total. The Hall–Kier alpha value is -1.48. The maximum atomic E-state index is 11.1. The number of nitrogens with two attached hydrogens (primary N) is 2. The third kappa shape index (κ3) is 17.6. The van der Waals surface area contributed by atoms with E-state index in [0.717, 1.165) is 23.1 Å². The number of rotatable bonds is 6. The summed E-state index contributed by atoms with van der Waals surface area (Å²) in [6, 6.07) is 7.39. The summed E-state index contributed by atoms with van der Waals surface area (Å²) in [6.07, 6.45) is 2.00. The molecule has 1 atom stereocenters. The Morgan fingerprint density at radius 2 is 1.34 bits per heavy atom. The summed E-state index contributed by atoms with van der Waals surface area (Å²) in [7, 11) is 0. The van der Waals surface area contributed by atoms with Gasteiger partial charge in [-0.1, -0.05) is 53.7 Å². The van der Waals surface area contributed by atoms with Gasteiger partial charge in [-0.3, -0.25) is 9.59 Å². The second kappa shape index (κ2) is 13.2. The molecule has 1 aromatic carbocycles. The zero-order valence-corrected chi connectivity index (χ0v) is 24.9. The average molecular weight is 526 g/mol. The molecular weight excluding hydrogens is 478 g/mol. The molecule has 1 unspecified atom stereocenters. The SMILES string of the molecule is CC(C)(C)CC(C)(C)N.CC(C)(C)CC(C)(C)N.O=C(S)CC(C(=O)O)c1nc2ccccc2s1. The zero-order chi connectivity index (χ0) is 27.8. The smallest absolute Gasteiger partial charge is 0.313 e. The van der Waals surface area contributed by atoms with Crippen LogP contribution < -0.4 is 11.5 Å². The molecule has 0 spiro atoms. The van der Waals surface area contributed by atoms with E-state index in [-0.39, 0.29) is 17.5 Å². The third-order valence-electron chi connectivity index (χ3n) is 4.26. The van der Waals surface area contributed by atoms with Crippen LogP contribution in [-0.2, 0) is 9.59 Å². The Labute approximate surface area is 221 Å². The van der Waals surface area contributed by atoms with Gasteiger partial charge in [0, 0.05) is 17.5 Å². The van der Waals surface area contributed by atoms with Crippen LogP contribution in [0.3, 0.4) is 0 Å². The standard InChI is InChI=1S/C11H9NO3S2.2C8H19N/c13-9(16)5-6(11(14)15)10-12-7-3-1-2-4-8(7)17-10;2*1-7(2,3)6-8(4,5)9/h1-4,6H,5H2,(H,13,16)(H,14,15);2*6,9H2,1-5H3. The van der Waals surface area contributed by atoms with Gasteiger partial charge in [0.1, 0.15) is 10.9 Å². The molecule has 0 bridgehead atoms. The van der Waals surface area contributed by atoms with E-state index in [0.29, 0.717) is 15.8 Å². The molecule has 6 nitrogen and oxygen atoms in total. The molecule has 0 aliphatic heterocycles. The van der Waals surface area contributed by atoms with Gasteiger partial charge in [0.2, 0.25) is 0 Å². The lowest BCUT2D eigenvalue weighted by molar-refractivity contribution is -0.139. The van der Waals surface area contributed by atoms with Crippen molar-refractivity contribution in [2.24, 2.45) is 22.3 Å². The lowest BCUT2D eigenvalue weighted by atomic mass is 9.82. The number of carbonyl (C=O) groups excluding carboxylic acids is 1. The predicted molar refractivity (Wildman–Crippen MR) is 153 cm³/mol. The van der Waals surface area contributed by atoms with Crippen molar-refractivity contribution >= 4 is 45.3 Å². The highest BCUT2D eigenvalue weighted by atomic mass is 32.1. The van der Waals surface area contributed by atoms with Crippen LogP contribution in [0.2, 0.25) is 0 Å². The molecule has 8 heteroatoms. The quantitative estimate of drug-likeness (QED) is 0.314. The molecule has 0 radical (unpaired) electrons. The van der Waals surface area contributed by atoms with Gasteiger partial charge in [0.25, 0.3) is 0 Å². The number of aliphatic carboxylic acids is 1. The van der Waals surface area contributed by atoms with E-state index < -0.39 is 17.0 Å². The number of thiol groups is 1. The maximum absolute atomic E-state index is 11.1. The van der Waals surface area contributed by atoms with Crippen LogP contribution in [0, 0.1) is 10.8 Å². The van der Waals surface area contributed by atoms with Crippen LogP contribution >= 0.6 is 24.0 Å². The molecule has 2 rings (SSSR count). The van der Waals surface area contributed by atoms with E-state index in [4.69, 9.17) is 16.6 Å². The number of para-hydroxylation sites is 1. The van der Waals surface area contributed by atoms with Crippen molar-refractivity contribution < 1.29 is 14.7 Å². The van der Waals surface area contributed by atoms with Gasteiger partial charge < -0.3 is 16.6 Å². The summed E-state index contributed by atoms with van der Waals surface area (Å²) in [5.74, 6) is -1.95.